The normalized spacial score (nSPS) is 22.2. The van der Waals surface area contributed by atoms with Crippen LogP contribution in [0.2, 0.25) is 0 Å². The van der Waals surface area contributed by atoms with Gasteiger partial charge in [0.15, 0.2) is 0 Å². The molecule has 0 aromatic heterocycles. The molecule has 0 saturated carbocycles. The average Bonchev–Trinajstić information content (AvgIpc) is 2.76. The van der Waals surface area contributed by atoms with Gasteiger partial charge in [-0.25, -0.2) is 12.7 Å². The highest BCUT2D eigenvalue weighted by molar-refractivity contribution is 7.89. The van der Waals surface area contributed by atoms with E-state index >= 15 is 0 Å². The van der Waals surface area contributed by atoms with E-state index in [2.05, 4.69) is 4.90 Å². The molecule has 0 aliphatic carbocycles. The number of anilines is 2. The van der Waals surface area contributed by atoms with Crippen LogP contribution in [0.5, 0.6) is 0 Å². The number of benzene rings is 1. The van der Waals surface area contributed by atoms with Crippen LogP contribution in [0.3, 0.4) is 0 Å². The number of hydrogen-bond donors (Lipinski definition) is 0. The van der Waals surface area contributed by atoms with Crippen molar-refractivity contribution in [1.82, 2.24) is 9.21 Å². The number of fused-ring (bicyclic) bond motifs is 3. The van der Waals surface area contributed by atoms with Crippen LogP contribution in [0.4, 0.5) is 11.4 Å². The number of carbonyl (C=O) groups excluding carboxylic acids is 2. The monoisotopic (exact) mass is 434 g/mol. The first kappa shape index (κ1) is 21.1. The maximum absolute atomic E-state index is 13.4. The summed E-state index contributed by atoms with van der Waals surface area (Å²) in [5.41, 5.74) is 1.36. The fourth-order valence-corrected chi connectivity index (χ4v) is 5.57. The Bertz CT molecular complexity index is 940. The fraction of sp³-hybridized carbons (Fsp3) is 0.619. The van der Waals surface area contributed by atoms with Crippen LogP contribution in [0.25, 0.3) is 0 Å². The van der Waals surface area contributed by atoms with E-state index in [0.717, 1.165) is 68.2 Å². The van der Waals surface area contributed by atoms with Crippen molar-refractivity contribution in [3.05, 3.63) is 18.2 Å². The summed E-state index contributed by atoms with van der Waals surface area (Å²) in [7, 11) is -0.679. The van der Waals surface area contributed by atoms with E-state index in [1.165, 1.54) is 19.0 Å². The minimum Gasteiger partial charge on any atom is -0.358 e. The van der Waals surface area contributed by atoms with E-state index in [-0.39, 0.29) is 29.3 Å². The standard InChI is InChI=1S/C21H30N4O4S/c1-22(2)30(28,29)16-9-10-17-19(14-16)25(15-20(26)23-11-5-3-6-12-23)21(27)18-8-4-7-13-24(17)18/h9-10,14,18H,3-8,11-13,15H2,1-2H3/t18-/m1/s1. The van der Waals surface area contributed by atoms with Gasteiger partial charge in [0.05, 0.1) is 16.3 Å². The smallest absolute Gasteiger partial charge is 0.250 e. The van der Waals surface area contributed by atoms with Gasteiger partial charge in [0.2, 0.25) is 21.8 Å². The lowest BCUT2D eigenvalue weighted by molar-refractivity contribution is -0.132. The Kier molecular flexibility index (Phi) is 5.76. The third kappa shape index (κ3) is 3.69. The van der Waals surface area contributed by atoms with Crippen molar-refractivity contribution in [3.63, 3.8) is 0 Å². The number of carbonyl (C=O) groups is 2. The molecule has 1 aromatic carbocycles. The number of sulfonamides is 1. The zero-order valence-corrected chi connectivity index (χ0v) is 18.5. The van der Waals surface area contributed by atoms with Crippen LogP contribution in [0.15, 0.2) is 23.1 Å². The predicted octanol–water partition coefficient (Wildman–Crippen LogP) is 1.65. The Labute approximate surface area is 178 Å². The fourth-order valence-electron chi connectivity index (χ4n) is 4.65. The highest BCUT2D eigenvalue weighted by Gasteiger charge is 2.41. The number of likely N-dealkylation sites (tertiary alicyclic amines) is 1. The molecule has 4 rings (SSSR count). The Balaban J connectivity index is 1.73. The molecule has 30 heavy (non-hydrogen) atoms. The largest absolute Gasteiger partial charge is 0.358 e. The molecule has 2 saturated heterocycles. The van der Waals surface area contributed by atoms with Crippen molar-refractivity contribution < 1.29 is 18.0 Å². The molecule has 8 nitrogen and oxygen atoms in total. The van der Waals surface area contributed by atoms with Gasteiger partial charge in [-0.1, -0.05) is 0 Å². The summed E-state index contributed by atoms with van der Waals surface area (Å²) in [6.07, 6.45) is 5.81. The maximum Gasteiger partial charge on any atom is 0.250 e. The van der Waals surface area contributed by atoms with Crippen molar-refractivity contribution in [1.29, 1.82) is 0 Å². The van der Waals surface area contributed by atoms with Crippen molar-refractivity contribution in [2.75, 3.05) is 50.1 Å². The van der Waals surface area contributed by atoms with E-state index in [1.807, 2.05) is 4.90 Å². The average molecular weight is 435 g/mol. The molecule has 164 valence electrons. The van der Waals surface area contributed by atoms with Crippen molar-refractivity contribution in [3.8, 4) is 0 Å². The van der Waals surface area contributed by atoms with Gasteiger partial charge in [0, 0.05) is 33.7 Å². The quantitative estimate of drug-likeness (QED) is 0.720. The van der Waals surface area contributed by atoms with Gasteiger partial charge in [-0.2, -0.15) is 0 Å². The van der Waals surface area contributed by atoms with Crippen LogP contribution in [-0.4, -0.2) is 75.8 Å². The molecule has 0 unspecified atom stereocenters. The zero-order chi connectivity index (χ0) is 21.5. The second-order valence-electron chi connectivity index (χ2n) is 8.51. The molecule has 0 N–H and O–H groups in total. The number of rotatable bonds is 4. The highest BCUT2D eigenvalue weighted by Crippen LogP contribution is 2.41. The van der Waals surface area contributed by atoms with E-state index in [1.54, 1.807) is 18.2 Å². The summed E-state index contributed by atoms with van der Waals surface area (Å²) in [4.78, 5) is 31.9. The summed E-state index contributed by atoms with van der Waals surface area (Å²) >= 11 is 0. The third-order valence-electron chi connectivity index (χ3n) is 6.38. The summed E-state index contributed by atoms with van der Waals surface area (Å²) < 4.78 is 26.5. The van der Waals surface area contributed by atoms with E-state index in [9.17, 15) is 18.0 Å². The van der Waals surface area contributed by atoms with Gasteiger partial charge in [-0.15, -0.1) is 0 Å². The third-order valence-corrected chi connectivity index (χ3v) is 8.19. The molecule has 1 atom stereocenters. The lowest BCUT2D eigenvalue weighted by atomic mass is 9.96. The van der Waals surface area contributed by atoms with Gasteiger partial charge in [-0.05, 0) is 56.7 Å². The van der Waals surface area contributed by atoms with Crippen LogP contribution < -0.4 is 9.80 Å². The predicted molar refractivity (Wildman–Crippen MR) is 115 cm³/mol. The Morgan fingerprint density at radius 3 is 2.43 bits per heavy atom. The van der Waals surface area contributed by atoms with Crippen molar-refractivity contribution >= 4 is 33.2 Å². The van der Waals surface area contributed by atoms with Crippen LogP contribution in [0, 0.1) is 0 Å². The highest BCUT2D eigenvalue weighted by atomic mass is 32.2. The number of piperidine rings is 2. The van der Waals surface area contributed by atoms with Crippen LogP contribution in [0.1, 0.15) is 38.5 Å². The van der Waals surface area contributed by atoms with Crippen LogP contribution in [-0.2, 0) is 19.6 Å². The summed E-state index contributed by atoms with van der Waals surface area (Å²) in [5, 5.41) is 0. The first-order valence-electron chi connectivity index (χ1n) is 10.7. The molecule has 3 aliphatic rings. The summed E-state index contributed by atoms with van der Waals surface area (Å²) in [5.74, 6) is -0.175. The molecule has 9 heteroatoms. The Hall–Kier alpha value is -2.13. The Morgan fingerprint density at radius 2 is 1.73 bits per heavy atom. The van der Waals surface area contributed by atoms with Gasteiger partial charge in [-0.3, -0.25) is 14.5 Å². The second-order valence-corrected chi connectivity index (χ2v) is 10.7. The van der Waals surface area contributed by atoms with Gasteiger partial charge >= 0.3 is 0 Å². The summed E-state index contributed by atoms with van der Waals surface area (Å²) in [6.45, 7) is 2.16. The topological polar surface area (TPSA) is 81.2 Å². The Morgan fingerprint density at radius 1 is 1.03 bits per heavy atom. The second kappa shape index (κ2) is 8.19. The molecule has 2 amide bonds. The van der Waals surface area contributed by atoms with Crippen molar-refractivity contribution in [2.24, 2.45) is 0 Å². The summed E-state index contributed by atoms with van der Waals surface area (Å²) in [6, 6.07) is 4.66. The van der Waals surface area contributed by atoms with Crippen molar-refractivity contribution in [2.45, 2.75) is 49.5 Å². The number of hydrogen-bond acceptors (Lipinski definition) is 5. The van der Waals surface area contributed by atoms with Gasteiger partial charge in [0.25, 0.3) is 0 Å². The molecule has 0 bridgehead atoms. The molecule has 1 aromatic rings. The molecule has 2 fully saturated rings. The number of nitrogens with zero attached hydrogens (tertiary/aromatic N) is 4. The molecular formula is C21H30N4O4S. The van der Waals surface area contributed by atoms with Gasteiger partial charge < -0.3 is 9.80 Å². The lowest BCUT2D eigenvalue weighted by Crippen LogP contribution is -2.57. The first-order chi connectivity index (χ1) is 14.3. The van der Waals surface area contributed by atoms with E-state index in [0.29, 0.717) is 5.69 Å². The molecule has 0 radical (unpaired) electrons. The molecule has 0 spiro atoms. The number of amides is 2. The zero-order valence-electron chi connectivity index (χ0n) is 17.7. The molecular weight excluding hydrogens is 404 g/mol. The van der Waals surface area contributed by atoms with Crippen LogP contribution >= 0.6 is 0 Å². The molecule has 3 heterocycles. The minimum absolute atomic E-state index is 0.0400. The maximum atomic E-state index is 13.4. The lowest BCUT2D eigenvalue weighted by Gasteiger charge is -2.45. The van der Waals surface area contributed by atoms with E-state index < -0.39 is 10.0 Å². The first-order valence-corrected chi connectivity index (χ1v) is 12.2. The van der Waals surface area contributed by atoms with Gasteiger partial charge in [0.1, 0.15) is 12.6 Å². The molecule has 3 aliphatic heterocycles. The van der Waals surface area contributed by atoms with E-state index in [4.69, 9.17) is 0 Å². The minimum atomic E-state index is -3.65. The SMILES string of the molecule is CN(C)S(=O)(=O)c1ccc2c(c1)N(CC(=O)N1CCCCC1)C(=O)[C@H]1CCCCN21.